The minimum absolute atomic E-state index is 0.00990. The topological polar surface area (TPSA) is 82.2 Å². The summed E-state index contributed by atoms with van der Waals surface area (Å²) in [4.78, 5) is 26.4. The maximum atomic E-state index is 12.4. The molecule has 0 radical (unpaired) electrons. The molecule has 3 rings (SSSR count). The van der Waals surface area contributed by atoms with E-state index in [2.05, 4.69) is 4.98 Å². The van der Waals surface area contributed by atoms with E-state index in [0.717, 1.165) is 11.3 Å². The summed E-state index contributed by atoms with van der Waals surface area (Å²) in [6.45, 7) is 4.19. The van der Waals surface area contributed by atoms with E-state index in [4.69, 9.17) is 4.74 Å². The van der Waals surface area contributed by atoms with Gasteiger partial charge < -0.3 is 19.6 Å². The average molecular weight is 312 g/mol. The van der Waals surface area contributed by atoms with Gasteiger partial charge in [0.05, 0.1) is 18.3 Å². The standard InChI is InChI=1S/C18H19NO4/c1-3-23-13-6-4-11(5-7-13)12-8-14-16(15(20)9-12)10(2)17(19-14)18(21)22/h4-7,12,19H,3,8-9H2,1-2H3,(H,21,22)/p-1/t12-/m0/s1. The minimum Gasteiger partial charge on any atom is -0.543 e. The molecule has 0 unspecified atom stereocenters. The summed E-state index contributed by atoms with van der Waals surface area (Å²) in [5.41, 5.74) is 2.75. The Kier molecular flexibility index (Phi) is 3.94. The van der Waals surface area contributed by atoms with Gasteiger partial charge in [0.2, 0.25) is 0 Å². The molecule has 0 spiro atoms. The number of ketones is 1. The second-order valence-electron chi connectivity index (χ2n) is 5.80. The molecule has 1 atom stereocenters. The van der Waals surface area contributed by atoms with E-state index in [1.54, 1.807) is 6.92 Å². The van der Waals surface area contributed by atoms with Gasteiger partial charge in [0.25, 0.3) is 0 Å². The number of carboxylic acids is 1. The van der Waals surface area contributed by atoms with Gasteiger partial charge in [-0.25, -0.2) is 0 Å². The number of aromatic nitrogens is 1. The van der Waals surface area contributed by atoms with E-state index in [0.29, 0.717) is 36.3 Å². The third kappa shape index (κ3) is 2.74. The highest BCUT2D eigenvalue weighted by molar-refractivity contribution is 6.03. The van der Waals surface area contributed by atoms with Crippen LogP contribution in [0.4, 0.5) is 0 Å². The van der Waals surface area contributed by atoms with Crippen molar-refractivity contribution in [3.63, 3.8) is 0 Å². The normalized spacial score (nSPS) is 17.0. The molecule has 5 heteroatoms. The monoisotopic (exact) mass is 312 g/mol. The fourth-order valence-electron chi connectivity index (χ4n) is 3.28. The molecule has 5 nitrogen and oxygen atoms in total. The molecular weight excluding hydrogens is 294 g/mol. The van der Waals surface area contributed by atoms with Crippen LogP contribution in [0.1, 0.15) is 56.9 Å². The van der Waals surface area contributed by atoms with Gasteiger partial charge >= 0.3 is 0 Å². The number of carboxylic acid groups (broad SMARTS) is 1. The summed E-state index contributed by atoms with van der Waals surface area (Å²) >= 11 is 0. The number of rotatable bonds is 4. The Balaban J connectivity index is 1.90. The van der Waals surface area contributed by atoms with Crippen LogP contribution in [0.15, 0.2) is 24.3 Å². The van der Waals surface area contributed by atoms with Crippen LogP contribution in [0.5, 0.6) is 5.75 Å². The Hall–Kier alpha value is -2.56. The molecule has 2 aromatic rings. The highest BCUT2D eigenvalue weighted by Crippen LogP contribution is 2.35. The largest absolute Gasteiger partial charge is 0.543 e. The van der Waals surface area contributed by atoms with Crippen molar-refractivity contribution in [2.75, 3.05) is 6.61 Å². The minimum atomic E-state index is -1.28. The maximum Gasteiger partial charge on any atom is 0.165 e. The molecule has 0 aliphatic heterocycles. The van der Waals surface area contributed by atoms with Gasteiger partial charge in [-0.2, -0.15) is 0 Å². The molecule has 1 aromatic heterocycles. The van der Waals surface area contributed by atoms with E-state index in [9.17, 15) is 14.7 Å². The zero-order valence-corrected chi connectivity index (χ0v) is 13.1. The average Bonchev–Trinajstić information content (AvgIpc) is 2.86. The quantitative estimate of drug-likeness (QED) is 0.936. The van der Waals surface area contributed by atoms with Gasteiger partial charge in [0.15, 0.2) is 5.78 Å². The number of fused-ring (bicyclic) bond motifs is 1. The van der Waals surface area contributed by atoms with Crippen LogP contribution >= 0.6 is 0 Å². The summed E-state index contributed by atoms with van der Waals surface area (Å²) in [6, 6.07) is 7.71. The molecule has 0 saturated heterocycles. The number of carbonyl (C=O) groups is 2. The van der Waals surface area contributed by atoms with Crippen molar-refractivity contribution >= 4 is 11.8 Å². The van der Waals surface area contributed by atoms with Crippen LogP contribution in [0, 0.1) is 6.92 Å². The van der Waals surface area contributed by atoms with E-state index >= 15 is 0 Å². The lowest BCUT2D eigenvalue weighted by molar-refractivity contribution is -0.255. The number of benzene rings is 1. The van der Waals surface area contributed by atoms with Crippen molar-refractivity contribution in [2.45, 2.75) is 32.6 Å². The number of H-pyrrole nitrogens is 1. The smallest absolute Gasteiger partial charge is 0.165 e. The predicted molar refractivity (Wildman–Crippen MR) is 82.9 cm³/mol. The molecule has 120 valence electrons. The van der Waals surface area contributed by atoms with E-state index < -0.39 is 5.97 Å². The number of Topliss-reactive ketones (excluding diaryl/α,β-unsaturated/α-hetero) is 1. The Morgan fingerprint density at radius 3 is 2.61 bits per heavy atom. The van der Waals surface area contributed by atoms with Crippen molar-refractivity contribution in [3.05, 3.63) is 52.3 Å². The van der Waals surface area contributed by atoms with Gasteiger partial charge in [0, 0.05) is 17.7 Å². The number of hydrogen-bond donors (Lipinski definition) is 1. The molecule has 1 heterocycles. The first kappa shape index (κ1) is 15.3. The van der Waals surface area contributed by atoms with Gasteiger partial charge in [-0.1, -0.05) is 12.1 Å². The molecule has 0 bridgehead atoms. The van der Waals surface area contributed by atoms with Crippen LogP contribution in [0.2, 0.25) is 0 Å². The Morgan fingerprint density at radius 2 is 2.00 bits per heavy atom. The Bertz CT molecular complexity index is 758. The summed E-state index contributed by atoms with van der Waals surface area (Å²) < 4.78 is 5.43. The summed E-state index contributed by atoms with van der Waals surface area (Å²) in [5, 5.41) is 11.1. The maximum absolute atomic E-state index is 12.4. The number of carbonyl (C=O) groups excluding carboxylic acids is 2. The molecule has 23 heavy (non-hydrogen) atoms. The first-order valence-electron chi connectivity index (χ1n) is 7.70. The second kappa shape index (κ2) is 5.91. The lowest BCUT2D eigenvalue weighted by Crippen LogP contribution is -2.23. The first-order chi connectivity index (χ1) is 11.0. The van der Waals surface area contributed by atoms with Crippen molar-refractivity contribution in [3.8, 4) is 5.75 Å². The van der Waals surface area contributed by atoms with Crippen LogP contribution in [0.25, 0.3) is 0 Å². The first-order valence-corrected chi connectivity index (χ1v) is 7.70. The molecule has 1 aromatic carbocycles. The Labute approximate surface area is 134 Å². The van der Waals surface area contributed by atoms with Crippen molar-refractivity contribution in [1.29, 1.82) is 0 Å². The molecule has 0 saturated carbocycles. The van der Waals surface area contributed by atoms with E-state index in [-0.39, 0.29) is 17.4 Å². The number of aromatic carboxylic acids is 1. The third-order valence-corrected chi connectivity index (χ3v) is 4.36. The summed E-state index contributed by atoms with van der Waals surface area (Å²) in [5.74, 6) is -0.457. The van der Waals surface area contributed by atoms with E-state index in [1.807, 2.05) is 31.2 Å². The highest BCUT2D eigenvalue weighted by atomic mass is 16.5. The van der Waals surface area contributed by atoms with Crippen molar-refractivity contribution in [1.82, 2.24) is 4.98 Å². The highest BCUT2D eigenvalue weighted by Gasteiger charge is 2.30. The molecular formula is C18H18NO4-. The summed E-state index contributed by atoms with van der Waals surface area (Å²) in [7, 11) is 0. The van der Waals surface area contributed by atoms with Gasteiger partial charge in [0.1, 0.15) is 5.75 Å². The molecule has 0 amide bonds. The number of ether oxygens (including phenoxy) is 1. The van der Waals surface area contributed by atoms with Gasteiger partial charge in [-0.15, -0.1) is 0 Å². The zero-order valence-electron chi connectivity index (χ0n) is 13.1. The molecule has 1 aliphatic rings. The number of nitrogens with one attached hydrogen (secondary N) is 1. The van der Waals surface area contributed by atoms with Crippen molar-refractivity contribution in [2.24, 2.45) is 0 Å². The van der Waals surface area contributed by atoms with Crippen LogP contribution in [0.3, 0.4) is 0 Å². The number of aromatic amines is 1. The van der Waals surface area contributed by atoms with E-state index in [1.165, 1.54) is 0 Å². The zero-order chi connectivity index (χ0) is 16.6. The predicted octanol–water partition coefficient (Wildman–Crippen LogP) is 2.00. The number of hydrogen-bond acceptors (Lipinski definition) is 4. The Morgan fingerprint density at radius 1 is 1.30 bits per heavy atom. The van der Waals surface area contributed by atoms with Gasteiger partial charge in [-0.05, 0) is 49.4 Å². The molecule has 1 N–H and O–H groups in total. The van der Waals surface area contributed by atoms with Crippen LogP contribution in [-0.4, -0.2) is 23.3 Å². The fourth-order valence-corrected chi connectivity index (χ4v) is 3.28. The summed E-state index contributed by atoms with van der Waals surface area (Å²) in [6.07, 6.45) is 0.995. The third-order valence-electron chi connectivity index (χ3n) is 4.36. The molecule has 0 fully saturated rings. The lowest BCUT2D eigenvalue weighted by atomic mass is 9.81. The van der Waals surface area contributed by atoms with Crippen molar-refractivity contribution < 1.29 is 19.4 Å². The lowest BCUT2D eigenvalue weighted by Gasteiger charge is -2.22. The van der Waals surface area contributed by atoms with Gasteiger partial charge in [-0.3, -0.25) is 4.79 Å². The fraction of sp³-hybridized carbons (Fsp3) is 0.333. The van der Waals surface area contributed by atoms with Crippen LogP contribution < -0.4 is 9.84 Å². The second-order valence-corrected chi connectivity index (χ2v) is 5.80. The SMILES string of the molecule is CCOc1ccc([C@@H]2CC(=O)c3c([nH]c(C(=O)[O-])c3C)C2)cc1. The van der Waals surface area contributed by atoms with Crippen LogP contribution in [-0.2, 0) is 6.42 Å². The molecule has 1 aliphatic carbocycles.